The van der Waals surface area contributed by atoms with Crippen LogP contribution in [0.4, 0.5) is 0 Å². The van der Waals surface area contributed by atoms with Crippen molar-refractivity contribution >= 4 is 5.78 Å². The van der Waals surface area contributed by atoms with Crippen molar-refractivity contribution in [2.24, 2.45) is 0 Å². The van der Waals surface area contributed by atoms with Gasteiger partial charge >= 0.3 is 0 Å². The minimum atomic E-state index is -0.334. The van der Waals surface area contributed by atoms with E-state index in [0.29, 0.717) is 26.2 Å². The topological polar surface area (TPSA) is 44.8 Å². The molecule has 1 rings (SSSR count). The lowest BCUT2D eigenvalue weighted by Crippen LogP contribution is -2.50. The van der Waals surface area contributed by atoms with Crippen LogP contribution < -0.4 is 0 Å². The standard InChI is InChI=1S/C12H22O4/c1-4-5-16-12-10(13)8-11(12)15-7-6-14-9(2)3/h9,11-12H,4-8H2,1-3H3. The van der Waals surface area contributed by atoms with Crippen molar-refractivity contribution in [1.82, 2.24) is 0 Å². The van der Waals surface area contributed by atoms with E-state index < -0.39 is 0 Å². The average molecular weight is 230 g/mol. The molecule has 16 heavy (non-hydrogen) atoms. The number of carbonyl (C=O) groups is 1. The number of Topliss-reactive ketones (excluding diaryl/α,β-unsaturated/α-hetero) is 1. The second kappa shape index (κ2) is 6.99. The summed E-state index contributed by atoms with van der Waals surface area (Å²) in [6, 6.07) is 0. The fraction of sp³-hybridized carbons (Fsp3) is 0.917. The van der Waals surface area contributed by atoms with Gasteiger partial charge in [0, 0.05) is 13.0 Å². The Morgan fingerprint density at radius 3 is 2.56 bits per heavy atom. The zero-order valence-electron chi connectivity index (χ0n) is 10.4. The Balaban J connectivity index is 2.10. The first-order chi connectivity index (χ1) is 7.65. The molecule has 0 amide bonds. The smallest absolute Gasteiger partial charge is 0.166 e. The number of carbonyl (C=O) groups excluding carboxylic acids is 1. The van der Waals surface area contributed by atoms with E-state index in [1.54, 1.807) is 0 Å². The van der Waals surface area contributed by atoms with Gasteiger partial charge in [0.2, 0.25) is 0 Å². The summed E-state index contributed by atoms with van der Waals surface area (Å²) in [7, 11) is 0. The first-order valence-corrected chi connectivity index (χ1v) is 6.02. The molecule has 2 atom stereocenters. The van der Waals surface area contributed by atoms with Crippen LogP contribution in [-0.4, -0.2) is 43.9 Å². The zero-order valence-corrected chi connectivity index (χ0v) is 10.4. The van der Waals surface area contributed by atoms with Gasteiger partial charge in [0.05, 0.1) is 25.4 Å². The summed E-state index contributed by atoms with van der Waals surface area (Å²) < 4.78 is 16.3. The monoisotopic (exact) mass is 230 g/mol. The molecule has 0 saturated heterocycles. The first kappa shape index (κ1) is 13.6. The highest BCUT2D eigenvalue weighted by atomic mass is 16.6. The maximum Gasteiger partial charge on any atom is 0.166 e. The average Bonchev–Trinajstić information content (AvgIpc) is 2.22. The summed E-state index contributed by atoms with van der Waals surface area (Å²) in [4.78, 5) is 11.3. The Hall–Kier alpha value is -0.450. The van der Waals surface area contributed by atoms with Gasteiger partial charge in [-0.15, -0.1) is 0 Å². The maximum atomic E-state index is 11.3. The minimum Gasteiger partial charge on any atom is -0.376 e. The van der Waals surface area contributed by atoms with E-state index in [9.17, 15) is 4.79 Å². The van der Waals surface area contributed by atoms with Crippen molar-refractivity contribution in [3.05, 3.63) is 0 Å². The van der Waals surface area contributed by atoms with Crippen LogP contribution in [0, 0.1) is 0 Å². The SMILES string of the molecule is CCCOC1C(=O)CC1OCCOC(C)C. The summed E-state index contributed by atoms with van der Waals surface area (Å²) in [6.45, 7) is 7.72. The summed E-state index contributed by atoms with van der Waals surface area (Å²) in [5.74, 6) is 0.156. The summed E-state index contributed by atoms with van der Waals surface area (Å²) in [5.41, 5.74) is 0. The van der Waals surface area contributed by atoms with E-state index in [-0.39, 0.29) is 24.1 Å². The predicted octanol–water partition coefficient (Wildman–Crippen LogP) is 1.56. The number of rotatable bonds is 8. The maximum absolute atomic E-state index is 11.3. The van der Waals surface area contributed by atoms with Crippen molar-refractivity contribution < 1.29 is 19.0 Å². The quantitative estimate of drug-likeness (QED) is 0.594. The first-order valence-electron chi connectivity index (χ1n) is 6.02. The van der Waals surface area contributed by atoms with E-state index in [2.05, 4.69) is 0 Å². The lowest BCUT2D eigenvalue weighted by atomic mass is 9.90. The van der Waals surface area contributed by atoms with E-state index in [4.69, 9.17) is 14.2 Å². The molecule has 1 fully saturated rings. The minimum absolute atomic E-state index is 0.0604. The third-order valence-corrected chi connectivity index (χ3v) is 2.43. The molecule has 0 N–H and O–H groups in total. The fourth-order valence-electron chi connectivity index (χ4n) is 1.54. The summed E-state index contributed by atoms with van der Waals surface area (Å²) >= 11 is 0. The van der Waals surface area contributed by atoms with Gasteiger partial charge in [0.1, 0.15) is 6.10 Å². The zero-order chi connectivity index (χ0) is 12.0. The van der Waals surface area contributed by atoms with Crippen molar-refractivity contribution in [3.8, 4) is 0 Å². The second-order valence-electron chi connectivity index (χ2n) is 4.29. The van der Waals surface area contributed by atoms with Gasteiger partial charge in [-0.05, 0) is 20.3 Å². The molecule has 0 spiro atoms. The van der Waals surface area contributed by atoms with Gasteiger partial charge in [-0.1, -0.05) is 6.92 Å². The Morgan fingerprint density at radius 1 is 1.25 bits per heavy atom. The number of hydrogen-bond donors (Lipinski definition) is 0. The van der Waals surface area contributed by atoms with Gasteiger partial charge in [-0.2, -0.15) is 0 Å². The van der Waals surface area contributed by atoms with E-state index in [1.807, 2.05) is 20.8 Å². The van der Waals surface area contributed by atoms with Gasteiger partial charge in [0.25, 0.3) is 0 Å². The molecular weight excluding hydrogens is 208 g/mol. The van der Waals surface area contributed by atoms with Crippen LogP contribution in [0.5, 0.6) is 0 Å². The highest BCUT2D eigenvalue weighted by Gasteiger charge is 2.41. The van der Waals surface area contributed by atoms with E-state index in [1.165, 1.54) is 0 Å². The highest BCUT2D eigenvalue weighted by molar-refractivity contribution is 5.90. The van der Waals surface area contributed by atoms with Gasteiger partial charge < -0.3 is 14.2 Å². The molecule has 1 aliphatic rings. The second-order valence-corrected chi connectivity index (χ2v) is 4.29. The Morgan fingerprint density at radius 2 is 2.00 bits per heavy atom. The Labute approximate surface area is 97.2 Å². The van der Waals surface area contributed by atoms with Gasteiger partial charge in [-0.25, -0.2) is 0 Å². The van der Waals surface area contributed by atoms with Crippen molar-refractivity contribution in [1.29, 1.82) is 0 Å². The predicted molar refractivity (Wildman–Crippen MR) is 60.5 cm³/mol. The third-order valence-electron chi connectivity index (χ3n) is 2.43. The molecule has 0 aromatic rings. The molecule has 1 saturated carbocycles. The normalized spacial score (nSPS) is 24.9. The molecule has 94 valence electrons. The number of ketones is 1. The summed E-state index contributed by atoms with van der Waals surface area (Å²) in [6.07, 6.45) is 1.23. The molecule has 4 heteroatoms. The van der Waals surface area contributed by atoms with Crippen molar-refractivity contribution in [2.45, 2.75) is 51.9 Å². The van der Waals surface area contributed by atoms with Crippen molar-refractivity contribution in [2.75, 3.05) is 19.8 Å². The fourth-order valence-corrected chi connectivity index (χ4v) is 1.54. The van der Waals surface area contributed by atoms with E-state index in [0.717, 1.165) is 6.42 Å². The number of ether oxygens (including phenoxy) is 3. The van der Waals surface area contributed by atoms with Crippen molar-refractivity contribution in [3.63, 3.8) is 0 Å². The molecule has 2 unspecified atom stereocenters. The highest BCUT2D eigenvalue weighted by Crippen LogP contribution is 2.23. The van der Waals surface area contributed by atoms with Crippen LogP contribution in [0.3, 0.4) is 0 Å². The lowest BCUT2D eigenvalue weighted by molar-refractivity contribution is -0.168. The largest absolute Gasteiger partial charge is 0.376 e. The molecule has 0 bridgehead atoms. The van der Waals surface area contributed by atoms with Gasteiger partial charge in [0.15, 0.2) is 5.78 Å². The van der Waals surface area contributed by atoms with Crippen LogP contribution >= 0.6 is 0 Å². The van der Waals surface area contributed by atoms with Crippen LogP contribution in [0.2, 0.25) is 0 Å². The molecule has 0 aromatic heterocycles. The molecule has 0 radical (unpaired) electrons. The van der Waals surface area contributed by atoms with Crippen LogP contribution in [-0.2, 0) is 19.0 Å². The van der Waals surface area contributed by atoms with Crippen LogP contribution in [0.15, 0.2) is 0 Å². The molecule has 4 nitrogen and oxygen atoms in total. The lowest BCUT2D eigenvalue weighted by Gasteiger charge is -2.34. The molecule has 0 heterocycles. The molecule has 0 aromatic carbocycles. The Kier molecular flexibility index (Phi) is 5.95. The molecule has 1 aliphatic carbocycles. The van der Waals surface area contributed by atoms with Crippen LogP contribution in [0.25, 0.3) is 0 Å². The van der Waals surface area contributed by atoms with Crippen LogP contribution in [0.1, 0.15) is 33.6 Å². The van der Waals surface area contributed by atoms with E-state index >= 15 is 0 Å². The summed E-state index contributed by atoms with van der Waals surface area (Å²) in [5, 5.41) is 0. The number of hydrogen-bond acceptors (Lipinski definition) is 4. The molecule has 0 aliphatic heterocycles. The Bertz CT molecular complexity index is 215. The van der Waals surface area contributed by atoms with Gasteiger partial charge in [-0.3, -0.25) is 4.79 Å². The third kappa shape index (κ3) is 4.20. The molecular formula is C12H22O4.